The molecular formula is C20H26BrNO2. The number of hydrogen-bond acceptors (Lipinski definition) is 3. The van der Waals surface area contributed by atoms with Gasteiger partial charge in [0.2, 0.25) is 0 Å². The van der Waals surface area contributed by atoms with Crippen molar-refractivity contribution in [2.75, 3.05) is 21.2 Å². The van der Waals surface area contributed by atoms with Gasteiger partial charge in [-0.05, 0) is 38.6 Å². The second-order valence-electron chi connectivity index (χ2n) is 6.15. The zero-order chi connectivity index (χ0) is 16.9. The topological polar surface area (TPSA) is 29.5 Å². The van der Waals surface area contributed by atoms with Gasteiger partial charge in [-0.25, -0.2) is 0 Å². The standard InChI is InChI=1S/C20H25NO2.BrH/c1-16(21(2)3)15-20(19(22)23-4,17-11-7-5-8-12-17)18-13-9-6-10-14-18;/h5-14,16H,15H2,1-4H3;1H. The first kappa shape index (κ1) is 20.4. The van der Waals surface area contributed by atoms with E-state index in [1.165, 1.54) is 7.11 Å². The summed E-state index contributed by atoms with van der Waals surface area (Å²) in [5.74, 6) is -0.219. The molecule has 0 radical (unpaired) electrons. The summed E-state index contributed by atoms with van der Waals surface area (Å²) in [5, 5.41) is 0. The lowest BCUT2D eigenvalue weighted by molar-refractivity contribution is -0.146. The molecule has 0 fully saturated rings. The molecule has 1 atom stereocenters. The minimum absolute atomic E-state index is 0. The Balaban J connectivity index is 0.00000288. The Labute approximate surface area is 155 Å². The first-order valence-corrected chi connectivity index (χ1v) is 7.88. The molecule has 1 unspecified atom stereocenters. The molecule has 0 aliphatic carbocycles. The molecule has 0 aliphatic rings. The van der Waals surface area contributed by atoms with Crippen molar-refractivity contribution in [2.45, 2.75) is 24.8 Å². The Morgan fingerprint density at radius 1 is 1.00 bits per heavy atom. The average Bonchev–Trinajstić information content (AvgIpc) is 2.60. The van der Waals surface area contributed by atoms with Crippen molar-refractivity contribution in [1.82, 2.24) is 4.90 Å². The summed E-state index contributed by atoms with van der Waals surface area (Å²) in [6.07, 6.45) is 0.653. The summed E-state index contributed by atoms with van der Waals surface area (Å²) < 4.78 is 5.25. The van der Waals surface area contributed by atoms with Gasteiger partial charge in [-0.2, -0.15) is 0 Å². The molecule has 4 heteroatoms. The van der Waals surface area contributed by atoms with Crippen LogP contribution in [0.1, 0.15) is 24.5 Å². The highest BCUT2D eigenvalue weighted by molar-refractivity contribution is 8.93. The van der Waals surface area contributed by atoms with E-state index in [-0.39, 0.29) is 29.0 Å². The van der Waals surface area contributed by atoms with Crippen molar-refractivity contribution in [3.8, 4) is 0 Å². The van der Waals surface area contributed by atoms with Crippen molar-refractivity contribution in [1.29, 1.82) is 0 Å². The minimum atomic E-state index is -0.805. The Morgan fingerprint density at radius 3 is 1.75 bits per heavy atom. The number of halogens is 1. The lowest BCUT2D eigenvalue weighted by Crippen LogP contribution is -2.43. The number of benzene rings is 2. The van der Waals surface area contributed by atoms with Crippen molar-refractivity contribution < 1.29 is 9.53 Å². The summed E-state index contributed by atoms with van der Waals surface area (Å²) >= 11 is 0. The SMILES string of the molecule is Br.COC(=O)C(CC(C)N(C)C)(c1ccccc1)c1ccccc1. The lowest BCUT2D eigenvalue weighted by Gasteiger charge is -2.36. The first-order valence-electron chi connectivity index (χ1n) is 7.88. The van der Waals surface area contributed by atoms with E-state index in [0.717, 1.165) is 11.1 Å². The molecule has 2 rings (SSSR count). The van der Waals surface area contributed by atoms with Gasteiger partial charge < -0.3 is 9.64 Å². The molecule has 130 valence electrons. The van der Waals surface area contributed by atoms with Gasteiger partial charge in [0.1, 0.15) is 5.41 Å². The second kappa shape index (κ2) is 9.00. The van der Waals surface area contributed by atoms with Gasteiger partial charge in [0.05, 0.1) is 7.11 Å². The molecule has 0 heterocycles. The fourth-order valence-corrected chi connectivity index (χ4v) is 2.97. The lowest BCUT2D eigenvalue weighted by atomic mass is 9.70. The zero-order valence-corrected chi connectivity index (χ0v) is 16.4. The van der Waals surface area contributed by atoms with Crippen LogP contribution < -0.4 is 0 Å². The maximum Gasteiger partial charge on any atom is 0.320 e. The monoisotopic (exact) mass is 391 g/mol. The molecular weight excluding hydrogens is 366 g/mol. The van der Waals surface area contributed by atoms with Gasteiger partial charge in [-0.3, -0.25) is 4.79 Å². The van der Waals surface area contributed by atoms with Gasteiger partial charge in [-0.15, -0.1) is 17.0 Å². The number of ether oxygens (including phenoxy) is 1. The number of carbonyl (C=O) groups excluding carboxylic acids is 1. The molecule has 0 N–H and O–H groups in total. The van der Waals surface area contributed by atoms with Crippen LogP contribution in [0.3, 0.4) is 0 Å². The van der Waals surface area contributed by atoms with E-state index in [4.69, 9.17) is 4.74 Å². The van der Waals surface area contributed by atoms with E-state index < -0.39 is 5.41 Å². The largest absolute Gasteiger partial charge is 0.468 e. The third-order valence-corrected chi connectivity index (χ3v) is 4.55. The molecule has 0 spiro atoms. The predicted molar refractivity (Wildman–Crippen MR) is 104 cm³/mol. The van der Waals surface area contributed by atoms with E-state index >= 15 is 0 Å². The van der Waals surface area contributed by atoms with Gasteiger partial charge in [0.15, 0.2) is 0 Å². The van der Waals surface area contributed by atoms with Crippen molar-refractivity contribution in [2.24, 2.45) is 0 Å². The maximum atomic E-state index is 13.0. The molecule has 0 aliphatic heterocycles. The van der Waals surface area contributed by atoms with Crippen molar-refractivity contribution in [3.05, 3.63) is 71.8 Å². The van der Waals surface area contributed by atoms with Gasteiger partial charge in [0, 0.05) is 6.04 Å². The molecule has 2 aromatic rings. The van der Waals surface area contributed by atoms with Crippen molar-refractivity contribution >= 4 is 23.0 Å². The summed E-state index contributed by atoms with van der Waals surface area (Å²) in [7, 11) is 5.52. The fraction of sp³-hybridized carbons (Fsp3) is 0.350. The van der Waals surface area contributed by atoms with Crippen LogP contribution in [-0.4, -0.2) is 38.1 Å². The summed E-state index contributed by atoms with van der Waals surface area (Å²) in [5.41, 5.74) is 1.12. The van der Waals surface area contributed by atoms with Crippen LogP contribution in [0.4, 0.5) is 0 Å². The fourth-order valence-electron chi connectivity index (χ4n) is 2.97. The van der Waals surface area contributed by atoms with Gasteiger partial charge in [0.25, 0.3) is 0 Å². The number of rotatable bonds is 6. The van der Waals surface area contributed by atoms with Crippen LogP contribution in [0.15, 0.2) is 60.7 Å². The number of hydrogen-bond donors (Lipinski definition) is 0. The number of carbonyl (C=O) groups is 1. The quantitative estimate of drug-likeness (QED) is 0.695. The zero-order valence-electron chi connectivity index (χ0n) is 14.7. The Morgan fingerprint density at radius 2 is 1.42 bits per heavy atom. The number of esters is 1. The van der Waals surface area contributed by atoms with E-state index in [0.29, 0.717) is 6.42 Å². The van der Waals surface area contributed by atoms with Crippen LogP contribution in [-0.2, 0) is 14.9 Å². The molecule has 24 heavy (non-hydrogen) atoms. The van der Waals surface area contributed by atoms with Gasteiger partial charge >= 0.3 is 5.97 Å². The maximum absolute atomic E-state index is 13.0. The highest BCUT2D eigenvalue weighted by Gasteiger charge is 2.44. The van der Waals surface area contributed by atoms with Crippen LogP contribution in [0.2, 0.25) is 0 Å². The third kappa shape index (κ3) is 4.05. The predicted octanol–water partition coefficient (Wildman–Crippen LogP) is 4.06. The van der Waals surface area contributed by atoms with Crippen LogP contribution in [0.25, 0.3) is 0 Å². The molecule has 0 saturated carbocycles. The Bertz CT molecular complexity index is 589. The van der Waals surface area contributed by atoms with E-state index in [1.807, 2.05) is 74.8 Å². The van der Waals surface area contributed by atoms with Crippen molar-refractivity contribution in [3.63, 3.8) is 0 Å². The normalized spacial score (nSPS) is 12.4. The average molecular weight is 392 g/mol. The second-order valence-corrected chi connectivity index (χ2v) is 6.15. The molecule has 0 aromatic heterocycles. The molecule has 2 aromatic carbocycles. The summed E-state index contributed by atoms with van der Waals surface area (Å²) in [4.78, 5) is 15.1. The molecule has 3 nitrogen and oxygen atoms in total. The molecule has 0 bridgehead atoms. The minimum Gasteiger partial charge on any atom is -0.468 e. The number of methoxy groups -OCH3 is 1. The van der Waals surface area contributed by atoms with Gasteiger partial charge in [-0.1, -0.05) is 60.7 Å². The number of nitrogens with zero attached hydrogens (tertiary/aromatic N) is 1. The Kier molecular flexibility index (Phi) is 7.64. The van der Waals surface area contributed by atoms with E-state index in [9.17, 15) is 4.79 Å². The summed E-state index contributed by atoms with van der Waals surface area (Å²) in [6.45, 7) is 2.13. The first-order chi connectivity index (χ1) is 11.0. The summed E-state index contributed by atoms with van der Waals surface area (Å²) in [6, 6.07) is 20.0. The highest BCUT2D eigenvalue weighted by atomic mass is 79.9. The van der Waals surface area contributed by atoms with E-state index in [2.05, 4.69) is 11.8 Å². The van der Waals surface area contributed by atoms with Crippen LogP contribution in [0, 0.1) is 0 Å². The van der Waals surface area contributed by atoms with E-state index in [1.54, 1.807) is 0 Å². The van der Waals surface area contributed by atoms with Crippen LogP contribution >= 0.6 is 17.0 Å². The third-order valence-electron chi connectivity index (χ3n) is 4.55. The molecule has 0 amide bonds. The smallest absolute Gasteiger partial charge is 0.320 e. The Hall–Kier alpha value is -1.65. The van der Waals surface area contributed by atoms with Crippen LogP contribution in [0.5, 0.6) is 0 Å². The highest BCUT2D eigenvalue weighted by Crippen LogP contribution is 2.38. The molecule has 0 saturated heterocycles.